The maximum atomic E-state index is 13.6. The number of hydroxylamine groups is 1. The molecule has 7 nitrogen and oxygen atoms in total. The summed E-state index contributed by atoms with van der Waals surface area (Å²) in [5.41, 5.74) is 2.42. The molecule has 3 aromatic rings. The monoisotopic (exact) mass is 503 g/mol. The van der Waals surface area contributed by atoms with E-state index in [9.17, 15) is 9.59 Å². The van der Waals surface area contributed by atoms with E-state index in [1.54, 1.807) is 36.4 Å². The summed E-state index contributed by atoms with van der Waals surface area (Å²) in [7, 11) is 1.58. The quantitative estimate of drug-likeness (QED) is 0.491. The van der Waals surface area contributed by atoms with E-state index in [4.69, 9.17) is 14.8 Å². The molecule has 2 amide bonds. The van der Waals surface area contributed by atoms with E-state index in [0.29, 0.717) is 17.0 Å². The van der Waals surface area contributed by atoms with Gasteiger partial charge in [0.2, 0.25) is 5.91 Å². The molecular weight excluding hydrogens is 486 g/mol. The minimum atomic E-state index is -0.959. The molecule has 0 radical (unpaired) electrons. The van der Waals surface area contributed by atoms with E-state index in [-0.39, 0.29) is 5.91 Å². The van der Waals surface area contributed by atoms with Crippen molar-refractivity contribution in [1.82, 2.24) is 0 Å². The second kappa shape index (κ2) is 8.35. The highest BCUT2D eigenvalue weighted by atomic mass is 79.9. The number of anilines is 2. The fourth-order valence-electron chi connectivity index (χ4n) is 4.36. The summed E-state index contributed by atoms with van der Waals surface area (Å²) in [6.45, 7) is 0. The average Bonchev–Trinajstić information content (AvgIpc) is 3.35. The van der Waals surface area contributed by atoms with E-state index in [2.05, 4.69) is 15.9 Å². The Morgan fingerprint density at radius 1 is 0.970 bits per heavy atom. The predicted molar refractivity (Wildman–Crippen MR) is 124 cm³/mol. The molecule has 2 heterocycles. The zero-order valence-corrected chi connectivity index (χ0v) is 19.1. The van der Waals surface area contributed by atoms with Gasteiger partial charge in [-0.05, 0) is 70.0 Å². The van der Waals surface area contributed by atoms with Crippen molar-refractivity contribution >= 4 is 39.1 Å². The molecule has 0 spiro atoms. The average molecular weight is 504 g/mol. The fraction of sp³-hybridized carbons (Fsp3) is 0.160. The van der Waals surface area contributed by atoms with Crippen LogP contribution in [0.25, 0.3) is 0 Å². The molecule has 3 aromatic carbocycles. The molecule has 3 atom stereocenters. The summed E-state index contributed by atoms with van der Waals surface area (Å²) >= 11 is 3.52. The van der Waals surface area contributed by atoms with Gasteiger partial charge in [0.1, 0.15) is 11.7 Å². The number of rotatable bonds is 4. The maximum absolute atomic E-state index is 13.6. The van der Waals surface area contributed by atoms with Crippen molar-refractivity contribution in [2.24, 2.45) is 5.92 Å². The van der Waals surface area contributed by atoms with Gasteiger partial charge in [0.25, 0.3) is 5.91 Å². The maximum Gasteiger partial charge on any atom is 0.266 e. The molecule has 33 heavy (non-hydrogen) atoms. The van der Waals surface area contributed by atoms with Crippen LogP contribution in [-0.4, -0.2) is 25.0 Å². The van der Waals surface area contributed by atoms with Crippen LogP contribution in [-0.2, 0) is 14.4 Å². The Kier molecular flexibility index (Phi) is 5.36. The van der Waals surface area contributed by atoms with Crippen LogP contribution in [0.3, 0.4) is 0 Å². The molecule has 5 rings (SSSR count). The van der Waals surface area contributed by atoms with Crippen LogP contribution in [0, 0.1) is 17.2 Å². The van der Waals surface area contributed by atoms with E-state index < -0.39 is 24.0 Å². The molecule has 2 saturated heterocycles. The van der Waals surface area contributed by atoms with Crippen molar-refractivity contribution in [2.45, 2.75) is 12.1 Å². The van der Waals surface area contributed by atoms with Gasteiger partial charge < -0.3 is 4.74 Å². The number of hydrogen-bond acceptors (Lipinski definition) is 6. The number of nitriles is 1. The van der Waals surface area contributed by atoms with Crippen molar-refractivity contribution in [2.75, 3.05) is 17.1 Å². The first-order valence-corrected chi connectivity index (χ1v) is 11.0. The van der Waals surface area contributed by atoms with Crippen molar-refractivity contribution in [3.8, 4) is 11.8 Å². The molecule has 0 bridgehead atoms. The Bertz CT molecular complexity index is 1270. The van der Waals surface area contributed by atoms with Gasteiger partial charge in [0, 0.05) is 0 Å². The van der Waals surface area contributed by atoms with Crippen LogP contribution in [0.4, 0.5) is 11.4 Å². The third-order valence-corrected chi connectivity index (χ3v) is 6.52. The molecule has 0 aromatic heterocycles. The Morgan fingerprint density at radius 3 is 2.33 bits per heavy atom. The second-order valence-corrected chi connectivity index (χ2v) is 8.58. The first-order chi connectivity index (χ1) is 16.0. The molecule has 0 aliphatic carbocycles. The van der Waals surface area contributed by atoms with Crippen LogP contribution in [0.5, 0.6) is 5.75 Å². The largest absolute Gasteiger partial charge is 0.496 e. The summed E-state index contributed by atoms with van der Waals surface area (Å²) < 4.78 is 6.08. The van der Waals surface area contributed by atoms with Gasteiger partial charge in [-0.25, -0.2) is 9.96 Å². The fourth-order valence-corrected chi connectivity index (χ4v) is 4.92. The number of benzene rings is 3. The number of hydrogen-bond donors (Lipinski definition) is 0. The molecule has 2 aliphatic heterocycles. The lowest BCUT2D eigenvalue weighted by Gasteiger charge is -2.29. The number of nitrogens with zero attached hydrogens (tertiary/aromatic N) is 3. The summed E-state index contributed by atoms with van der Waals surface area (Å²) in [5.74, 6) is -0.849. The van der Waals surface area contributed by atoms with Crippen molar-refractivity contribution in [3.05, 3.63) is 88.4 Å². The third kappa shape index (κ3) is 3.46. The molecule has 0 unspecified atom stereocenters. The number of amides is 2. The number of para-hydroxylation sites is 1. The van der Waals surface area contributed by atoms with E-state index in [1.807, 2.05) is 54.6 Å². The van der Waals surface area contributed by atoms with Crippen LogP contribution >= 0.6 is 15.9 Å². The zero-order valence-electron chi connectivity index (χ0n) is 17.5. The van der Waals surface area contributed by atoms with Gasteiger partial charge in [-0.3, -0.25) is 14.4 Å². The predicted octanol–water partition coefficient (Wildman–Crippen LogP) is 4.38. The van der Waals surface area contributed by atoms with Crippen molar-refractivity contribution in [3.63, 3.8) is 0 Å². The number of methoxy groups -OCH3 is 1. The Labute approximate surface area is 198 Å². The second-order valence-electron chi connectivity index (χ2n) is 7.72. The molecule has 0 N–H and O–H groups in total. The first kappa shape index (κ1) is 21.2. The topological polar surface area (TPSA) is 82.9 Å². The van der Waals surface area contributed by atoms with Crippen molar-refractivity contribution in [1.29, 1.82) is 5.26 Å². The van der Waals surface area contributed by atoms with E-state index >= 15 is 0 Å². The Morgan fingerprint density at radius 2 is 1.70 bits per heavy atom. The van der Waals surface area contributed by atoms with Gasteiger partial charge in [-0.1, -0.05) is 24.3 Å². The summed E-state index contributed by atoms with van der Waals surface area (Å²) in [5, 5.41) is 10.7. The van der Waals surface area contributed by atoms with Crippen LogP contribution in [0.1, 0.15) is 17.2 Å². The molecule has 0 saturated carbocycles. The molecular formula is C25H18BrN3O4. The normalized spacial score (nSPS) is 21.8. The van der Waals surface area contributed by atoms with Crippen LogP contribution < -0.4 is 14.7 Å². The highest BCUT2D eigenvalue weighted by Gasteiger charge is 2.60. The molecule has 2 aliphatic rings. The van der Waals surface area contributed by atoms with Crippen molar-refractivity contribution < 1.29 is 19.2 Å². The van der Waals surface area contributed by atoms with Gasteiger partial charge in [0.15, 0.2) is 6.10 Å². The van der Waals surface area contributed by atoms with Crippen LogP contribution in [0.2, 0.25) is 0 Å². The highest BCUT2D eigenvalue weighted by molar-refractivity contribution is 9.10. The zero-order chi connectivity index (χ0) is 23.1. The SMILES string of the molecule is COc1ccc([C@@H]2[C@H]3C(=O)N(c4ccc(C#N)cc4)C(=O)[C@H]3ON2c2ccccc2)cc1Br. The lowest BCUT2D eigenvalue weighted by molar-refractivity contribution is -0.126. The standard InChI is InChI=1S/C25H18BrN3O4/c1-32-20-12-9-16(13-19(20)26)22-21-23(33-29(22)18-5-3-2-4-6-18)25(31)28(24(21)30)17-10-7-15(14-27)8-11-17/h2-13,21-23H,1H3/t21-,22-,23+/m1/s1. The Balaban J connectivity index is 1.58. The Hall–Kier alpha value is -3.67. The summed E-state index contributed by atoms with van der Waals surface area (Å²) in [4.78, 5) is 34.2. The number of fused-ring (bicyclic) bond motifs is 1. The van der Waals surface area contributed by atoms with E-state index in [1.165, 1.54) is 0 Å². The lowest BCUT2D eigenvalue weighted by Crippen LogP contribution is -2.37. The number of halogens is 1. The number of carbonyl (C=O) groups excluding carboxylic acids is 2. The summed E-state index contributed by atoms with van der Waals surface area (Å²) in [6, 6.07) is 22.8. The number of imide groups is 1. The molecule has 164 valence electrons. The van der Waals surface area contributed by atoms with Crippen LogP contribution in [0.15, 0.2) is 77.3 Å². The summed E-state index contributed by atoms with van der Waals surface area (Å²) in [6.07, 6.45) is -0.959. The van der Waals surface area contributed by atoms with E-state index in [0.717, 1.165) is 20.6 Å². The van der Waals surface area contributed by atoms with Gasteiger partial charge in [-0.2, -0.15) is 5.26 Å². The van der Waals surface area contributed by atoms with Gasteiger partial charge in [-0.15, -0.1) is 0 Å². The lowest BCUT2D eigenvalue weighted by atomic mass is 9.90. The first-order valence-electron chi connectivity index (χ1n) is 10.3. The highest BCUT2D eigenvalue weighted by Crippen LogP contribution is 2.48. The van der Waals surface area contributed by atoms with Gasteiger partial charge in [0.05, 0.1) is 40.6 Å². The minimum absolute atomic E-state index is 0.343. The number of ether oxygens (including phenoxy) is 1. The third-order valence-electron chi connectivity index (χ3n) is 5.90. The number of carbonyl (C=O) groups is 2. The van der Waals surface area contributed by atoms with Gasteiger partial charge >= 0.3 is 0 Å². The molecule has 8 heteroatoms. The minimum Gasteiger partial charge on any atom is -0.496 e. The molecule has 2 fully saturated rings. The smallest absolute Gasteiger partial charge is 0.266 e.